The zero-order chi connectivity index (χ0) is 9.97. The fourth-order valence-corrected chi connectivity index (χ4v) is 2.83. The Balaban J connectivity index is 2.09. The van der Waals surface area contributed by atoms with E-state index >= 15 is 0 Å². The van der Waals surface area contributed by atoms with Gasteiger partial charge in [-0.05, 0) is 32.2 Å². The Morgan fingerprint density at radius 3 is 3.07 bits per heavy atom. The quantitative estimate of drug-likeness (QED) is 0.626. The Kier molecular flexibility index (Phi) is 3.02. The molecule has 0 unspecified atom stereocenters. The van der Waals surface area contributed by atoms with E-state index in [4.69, 9.17) is 0 Å². The van der Waals surface area contributed by atoms with Gasteiger partial charge in [-0.3, -0.25) is 9.69 Å². The molecule has 0 bridgehead atoms. The summed E-state index contributed by atoms with van der Waals surface area (Å²) in [7, 11) is 0. The van der Waals surface area contributed by atoms with Crippen LogP contribution in [0.1, 0.15) is 38.5 Å². The van der Waals surface area contributed by atoms with Crippen molar-refractivity contribution in [2.75, 3.05) is 6.54 Å². The van der Waals surface area contributed by atoms with Gasteiger partial charge in [0, 0.05) is 12.5 Å². The van der Waals surface area contributed by atoms with Crippen molar-refractivity contribution in [2.45, 2.75) is 50.6 Å². The van der Waals surface area contributed by atoms with Crippen molar-refractivity contribution in [1.82, 2.24) is 4.90 Å². The van der Waals surface area contributed by atoms with Crippen molar-refractivity contribution >= 4 is 5.78 Å². The minimum absolute atomic E-state index is 0.159. The van der Waals surface area contributed by atoms with Gasteiger partial charge in [0.2, 0.25) is 0 Å². The van der Waals surface area contributed by atoms with Crippen LogP contribution in [0.2, 0.25) is 0 Å². The van der Waals surface area contributed by atoms with Gasteiger partial charge in [0.1, 0.15) is 5.78 Å². The maximum Gasteiger partial charge on any atom is 0.150 e. The molecule has 78 valence electrons. The molecule has 0 saturated carbocycles. The first-order valence-electron chi connectivity index (χ1n) is 5.72. The average molecular weight is 193 g/mol. The molecule has 2 atom stereocenters. The number of hydrogen-bond acceptors (Lipinski definition) is 2. The molecular weight excluding hydrogens is 174 g/mol. The van der Waals surface area contributed by atoms with E-state index in [9.17, 15) is 4.79 Å². The second-order valence-electron chi connectivity index (χ2n) is 4.43. The van der Waals surface area contributed by atoms with Crippen LogP contribution in [0.5, 0.6) is 0 Å². The molecule has 2 saturated heterocycles. The highest BCUT2D eigenvalue weighted by Crippen LogP contribution is 2.29. The highest BCUT2D eigenvalue weighted by molar-refractivity contribution is 5.85. The smallest absolute Gasteiger partial charge is 0.150 e. The number of carbonyl (C=O) groups excluding carboxylic acids is 1. The second-order valence-corrected chi connectivity index (χ2v) is 4.43. The molecule has 0 aromatic heterocycles. The Morgan fingerprint density at radius 1 is 1.43 bits per heavy atom. The molecule has 2 rings (SSSR count). The van der Waals surface area contributed by atoms with E-state index in [0.717, 1.165) is 25.8 Å². The Hall–Kier alpha value is -0.630. The summed E-state index contributed by atoms with van der Waals surface area (Å²) in [5.74, 6) is 0.433. The third kappa shape index (κ3) is 1.76. The van der Waals surface area contributed by atoms with Gasteiger partial charge < -0.3 is 0 Å². The lowest BCUT2D eigenvalue weighted by Gasteiger charge is -2.43. The minimum Gasteiger partial charge on any atom is -0.298 e. The van der Waals surface area contributed by atoms with Gasteiger partial charge in [-0.1, -0.05) is 12.5 Å². The number of carbonyl (C=O) groups is 1. The monoisotopic (exact) mass is 193 g/mol. The Bertz CT molecular complexity index is 236. The molecule has 0 aromatic rings. The van der Waals surface area contributed by atoms with Crippen LogP contribution in [0.3, 0.4) is 0 Å². The molecule has 2 heteroatoms. The zero-order valence-corrected chi connectivity index (χ0v) is 8.74. The Labute approximate surface area is 86.0 Å². The molecule has 0 N–H and O–H groups in total. The molecule has 0 amide bonds. The third-order valence-corrected chi connectivity index (χ3v) is 3.56. The number of piperidine rings is 2. The third-order valence-electron chi connectivity index (χ3n) is 3.56. The van der Waals surface area contributed by atoms with Gasteiger partial charge >= 0.3 is 0 Å². The number of rotatable bonds is 2. The highest BCUT2D eigenvalue weighted by Gasteiger charge is 2.36. The fourth-order valence-electron chi connectivity index (χ4n) is 2.83. The summed E-state index contributed by atoms with van der Waals surface area (Å²) >= 11 is 0. The molecule has 0 radical (unpaired) electrons. The van der Waals surface area contributed by atoms with Gasteiger partial charge in [0.15, 0.2) is 0 Å². The summed E-state index contributed by atoms with van der Waals surface area (Å²) in [5.41, 5.74) is 0. The van der Waals surface area contributed by atoms with Crippen molar-refractivity contribution < 1.29 is 4.79 Å². The maximum atomic E-state index is 11.7. The van der Waals surface area contributed by atoms with Gasteiger partial charge in [0.05, 0.1) is 6.04 Å². The van der Waals surface area contributed by atoms with Gasteiger partial charge in [-0.15, -0.1) is 6.58 Å². The van der Waals surface area contributed by atoms with Crippen molar-refractivity contribution in [2.24, 2.45) is 0 Å². The predicted octanol–water partition coefficient (Wildman–Crippen LogP) is 2.15. The average Bonchev–Trinajstić information content (AvgIpc) is 2.23. The van der Waals surface area contributed by atoms with E-state index in [-0.39, 0.29) is 6.04 Å². The van der Waals surface area contributed by atoms with Crippen LogP contribution in [0.4, 0.5) is 0 Å². The number of hydrogen-bond donors (Lipinski definition) is 0. The number of Topliss-reactive ketones (excluding diaryl/α,β-unsaturated/α-hetero) is 1. The Morgan fingerprint density at radius 2 is 2.29 bits per heavy atom. The molecule has 14 heavy (non-hydrogen) atoms. The van der Waals surface area contributed by atoms with Crippen molar-refractivity contribution in [3.8, 4) is 0 Å². The maximum absolute atomic E-state index is 11.7. The van der Waals surface area contributed by atoms with Crippen molar-refractivity contribution in [3.05, 3.63) is 12.7 Å². The summed E-state index contributed by atoms with van der Waals surface area (Å²) in [6.45, 7) is 4.87. The molecular formula is C12H19NO. The van der Waals surface area contributed by atoms with Crippen LogP contribution < -0.4 is 0 Å². The lowest BCUT2D eigenvalue weighted by atomic mass is 9.87. The summed E-state index contributed by atoms with van der Waals surface area (Å²) < 4.78 is 0. The molecule has 0 spiro atoms. The van der Waals surface area contributed by atoms with E-state index < -0.39 is 0 Å². The zero-order valence-electron chi connectivity index (χ0n) is 8.74. The molecule has 0 aromatic carbocycles. The van der Waals surface area contributed by atoms with Gasteiger partial charge in [-0.2, -0.15) is 0 Å². The standard InChI is InChI=1S/C12H19NO/c1-2-5-11-12(14)8-7-10-6-3-4-9-13(10)11/h2,10-11H,1,3-9H2/t10-,11+/m0/s1. The topological polar surface area (TPSA) is 20.3 Å². The molecule has 2 aliphatic rings. The molecule has 2 aliphatic heterocycles. The normalized spacial score (nSPS) is 33.9. The van der Waals surface area contributed by atoms with Crippen LogP contribution >= 0.6 is 0 Å². The van der Waals surface area contributed by atoms with E-state index in [1.54, 1.807) is 0 Å². The van der Waals surface area contributed by atoms with E-state index in [1.807, 2.05) is 6.08 Å². The van der Waals surface area contributed by atoms with Crippen LogP contribution in [0.25, 0.3) is 0 Å². The van der Waals surface area contributed by atoms with Gasteiger partial charge in [-0.25, -0.2) is 0 Å². The lowest BCUT2D eigenvalue weighted by Crippen LogP contribution is -2.53. The first kappa shape index (κ1) is 9.91. The van der Waals surface area contributed by atoms with E-state index in [1.165, 1.54) is 19.3 Å². The first-order chi connectivity index (χ1) is 6.83. The summed E-state index contributed by atoms with van der Waals surface area (Å²) in [6.07, 6.45) is 8.51. The molecule has 2 heterocycles. The van der Waals surface area contributed by atoms with Gasteiger partial charge in [0.25, 0.3) is 0 Å². The van der Waals surface area contributed by atoms with E-state index in [0.29, 0.717) is 11.8 Å². The van der Waals surface area contributed by atoms with Crippen LogP contribution in [-0.4, -0.2) is 29.3 Å². The fraction of sp³-hybridized carbons (Fsp3) is 0.750. The van der Waals surface area contributed by atoms with Crippen LogP contribution in [0, 0.1) is 0 Å². The van der Waals surface area contributed by atoms with E-state index in [2.05, 4.69) is 11.5 Å². The number of ketones is 1. The summed E-state index contributed by atoms with van der Waals surface area (Å²) in [4.78, 5) is 14.2. The van der Waals surface area contributed by atoms with Crippen molar-refractivity contribution in [3.63, 3.8) is 0 Å². The van der Waals surface area contributed by atoms with Crippen molar-refractivity contribution in [1.29, 1.82) is 0 Å². The largest absolute Gasteiger partial charge is 0.298 e. The lowest BCUT2D eigenvalue weighted by molar-refractivity contribution is -0.130. The molecule has 0 aliphatic carbocycles. The van der Waals surface area contributed by atoms with Crippen LogP contribution in [-0.2, 0) is 4.79 Å². The SMILES string of the molecule is C=CC[C@@H]1C(=O)CC[C@@H]2CCCCN21. The second kappa shape index (κ2) is 4.26. The van der Waals surface area contributed by atoms with Crippen LogP contribution in [0.15, 0.2) is 12.7 Å². The minimum atomic E-state index is 0.159. The summed E-state index contributed by atoms with van der Waals surface area (Å²) in [5, 5.41) is 0. The first-order valence-corrected chi connectivity index (χ1v) is 5.72. The molecule has 2 nitrogen and oxygen atoms in total. The number of nitrogens with zero attached hydrogens (tertiary/aromatic N) is 1. The highest BCUT2D eigenvalue weighted by atomic mass is 16.1. The summed E-state index contributed by atoms with van der Waals surface area (Å²) in [6, 6.07) is 0.845. The number of fused-ring (bicyclic) bond motifs is 1. The predicted molar refractivity (Wildman–Crippen MR) is 57.2 cm³/mol. The molecule has 2 fully saturated rings.